The molecule has 0 bridgehead atoms. The smallest absolute Gasteiger partial charge is 0.336 e. The maximum absolute atomic E-state index is 12.0. The first kappa shape index (κ1) is 18.9. The van der Waals surface area contributed by atoms with E-state index in [0.29, 0.717) is 11.5 Å². The molecule has 1 fully saturated rings. The van der Waals surface area contributed by atoms with Gasteiger partial charge in [0.1, 0.15) is 5.58 Å². The minimum absolute atomic E-state index is 0.0576. The zero-order chi connectivity index (χ0) is 18.7. The summed E-state index contributed by atoms with van der Waals surface area (Å²) in [5, 5.41) is 3.94. The molecule has 0 amide bonds. The molecule has 1 aliphatic rings. The summed E-state index contributed by atoms with van der Waals surface area (Å²) in [6, 6.07) is 8.93. The van der Waals surface area contributed by atoms with Crippen LogP contribution in [0.25, 0.3) is 11.0 Å². The number of anilines is 1. The summed E-state index contributed by atoms with van der Waals surface area (Å²) in [7, 11) is -3.19. The average molecular weight is 378 g/mol. The van der Waals surface area contributed by atoms with E-state index in [1.165, 1.54) is 6.07 Å². The van der Waals surface area contributed by atoms with Crippen LogP contribution in [0, 0.1) is 5.92 Å². The molecule has 2 aromatic rings. The van der Waals surface area contributed by atoms with Gasteiger partial charge >= 0.3 is 5.63 Å². The van der Waals surface area contributed by atoms with Crippen LogP contribution in [0.1, 0.15) is 39.5 Å². The third kappa shape index (κ3) is 4.65. The minimum atomic E-state index is -3.19. The number of benzene rings is 1. The van der Waals surface area contributed by atoms with E-state index in [9.17, 15) is 13.2 Å². The maximum Gasteiger partial charge on any atom is 0.336 e. The van der Waals surface area contributed by atoms with E-state index in [1.54, 1.807) is 26.0 Å². The summed E-state index contributed by atoms with van der Waals surface area (Å²) in [6.45, 7) is 4.26. The third-order valence-electron chi connectivity index (χ3n) is 5.01. The van der Waals surface area contributed by atoms with Gasteiger partial charge in [0.2, 0.25) is 10.0 Å². The monoisotopic (exact) mass is 378 g/mol. The van der Waals surface area contributed by atoms with Crippen LogP contribution in [-0.4, -0.2) is 26.3 Å². The fraction of sp³-hybridized carbons (Fsp3) is 0.526. The summed E-state index contributed by atoms with van der Waals surface area (Å²) in [5.41, 5.74) is 1.23. The first-order chi connectivity index (χ1) is 12.3. The highest BCUT2D eigenvalue weighted by molar-refractivity contribution is 7.90. The SMILES string of the molecule is CC(C)S(=O)(=O)NC1CCC(CNc2ccc3oc(=O)ccc3c2)CC1. The molecule has 0 saturated heterocycles. The van der Waals surface area contributed by atoms with Gasteiger partial charge in [0.15, 0.2) is 0 Å². The quantitative estimate of drug-likeness (QED) is 0.754. The van der Waals surface area contributed by atoms with Crippen molar-refractivity contribution in [2.45, 2.75) is 50.8 Å². The summed E-state index contributed by atoms with van der Waals surface area (Å²) in [6.07, 6.45) is 3.75. The Hall–Kier alpha value is -1.86. The van der Waals surface area contributed by atoms with Gasteiger partial charge in [-0.1, -0.05) is 0 Å². The lowest BCUT2D eigenvalue weighted by Gasteiger charge is -2.29. The van der Waals surface area contributed by atoms with Crippen molar-refractivity contribution in [1.82, 2.24) is 4.72 Å². The van der Waals surface area contributed by atoms with Crippen LogP contribution >= 0.6 is 0 Å². The van der Waals surface area contributed by atoms with Crippen molar-refractivity contribution < 1.29 is 12.8 Å². The van der Waals surface area contributed by atoms with Gasteiger partial charge in [-0.05, 0) is 69.7 Å². The van der Waals surface area contributed by atoms with Gasteiger partial charge in [-0.15, -0.1) is 0 Å². The van der Waals surface area contributed by atoms with Gasteiger partial charge in [-0.2, -0.15) is 0 Å². The Labute approximate surface area is 154 Å². The largest absolute Gasteiger partial charge is 0.423 e. The van der Waals surface area contributed by atoms with E-state index in [0.717, 1.165) is 43.3 Å². The van der Waals surface area contributed by atoms with Crippen molar-refractivity contribution in [2.24, 2.45) is 5.92 Å². The van der Waals surface area contributed by atoms with Crippen LogP contribution in [0.15, 0.2) is 39.5 Å². The summed E-state index contributed by atoms with van der Waals surface area (Å²) in [5.74, 6) is 0.527. The van der Waals surface area contributed by atoms with Gasteiger partial charge in [-0.3, -0.25) is 0 Å². The normalized spacial score (nSPS) is 21.2. The molecule has 3 rings (SSSR count). The second-order valence-electron chi connectivity index (χ2n) is 7.32. The first-order valence-corrected chi connectivity index (χ1v) is 10.7. The molecule has 6 nitrogen and oxygen atoms in total. The second kappa shape index (κ2) is 7.80. The van der Waals surface area contributed by atoms with E-state index >= 15 is 0 Å². The van der Waals surface area contributed by atoms with Crippen LogP contribution < -0.4 is 15.7 Å². The van der Waals surface area contributed by atoms with E-state index in [1.807, 2.05) is 12.1 Å². The highest BCUT2D eigenvalue weighted by atomic mass is 32.2. The summed E-state index contributed by atoms with van der Waals surface area (Å²) in [4.78, 5) is 11.2. The third-order valence-corrected chi connectivity index (χ3v) is 6.92. The van der Waals surface area contributed by atoms with Gasteiger partial charge in [0.25, 0.3) is 0 Å². The van der Waals surface area contributed by atoms with Crippen molar-refractivity contribution >= 4 is 26.7 Å². The maximum atomic E-state index is 12.0. The summed E-state index contributed by atoms with van der Waals surface area (Å²) < 4.78 is 31.9. The summed E-state index contributed by atoms with van der Waals surface area (Å²) >= 11 is 0. The lowest BCUT2D eigenvalue weighted by atomic mass is 9.86. The number of sulfonamides is 1. The predicted molar refractivity (Wildman–Crippen MR) is 104 cm³/mol. The Morgan fingerprint density at radius 3 is 2.54 bits per heavy atom. The van der Waals surface area contributed by atoms with Crippen LogP contribution in [0.5, 0.6) is 0 Å². The number of rotatable bonds is 6. The topological polar surface area (TPSA) is 88.4 Å². The van der Waals surface area contributed by atoms with E-state index in [2.05, 4.69) is 10.0 Å². The molecule has 0 aliphatic heterocycles. The van der Waals surface area contributed by atoms with Crippen molar-refractivity contribution in [3.8, 4) is 0 Å². The zero-order valence-electron chi connectivity index (χ0n) is 15.2. The molecule has 7 heteroatoms. The van der Waals surface area contributed by atoms with E-state index < -0.39 is 10.0 Å². The predicted octanol–water partition coefficient (Wildman–Crippen LogP) is 3.09. The Bertz CT molecular complexity index is 913. The Balaban J connectivity index is 1.51. The van der Waals surface area contributed by atoms with Crippen molar-refractivity contribution in [1.29, 1.82) is 0 Å². The molecule has 1 aromatic carbocycles. The molecular formula is C19H26N2O4S. The van der Waals surface area contributed by atoms with Gasteiger partial charge in [0.05, 0.1) is 5.25 Å². The average Bonchev–Trinajstić information content (AvgIpc) is 2.60. The lowest BCUT2D eigenvalue weighted by Crippen LogP contribution is -2.41. The number of hydrogen-bond acceptors (Lipinski definition) is 5. The molecule has 0 unspecified atom stereocenters. The van der Waals surface area contributed by atoms with E-state index in [-0.39, 0.29) is 16.9 Å². The van der Waals surface area contributed by atoms with Gasteiger partial charge in [0, 0.05) is 29.7 Å². The molecule has 1 aromatic heterocycles. The molecule has 1 saturated carbocycles. The van der Waals surface area contributed by atoms with Crippen LogP contribution in [0.2, 0.25) is 0 Å². The Morgan fingerprint density at radius 2 is 1.85 bits per heavy atom. The van der Waals surface area contributed by atoms with Crippen LogP contribution in [-0.2, 0) is 10.0 Å². The molecule has 0 atom stereocenters. The number of fused-ring (bicyclic) bond motifs is 1. The van der Waals surface area contributed by atoms with Gasteiger partial charge < -0.3 is 9.73 Å². The second-order valence-corrected chi connectivity index (χ2v) is 9.59. The lowest BCUT2D eigenvalue weighted by molar-refractivity contribution is 0.323. The molecule has 1 heterocycles. The standard InChI is InChI=1S/C19H26N2O4S/c1-13(2)26(23,24)21-16-6-3-14(4-7-16)12-20-17-8-9-18-15(11-17)5-10-19(22)25-18/h5,8-11,13-14,16,20-21H,3-4,6-7,12H2,1-2H3. The molecule has 142 valence electrons. The number of hydrogen-bond donors (Lipinski definition) is 2. The molecule has 1 aliphatic carbocycles. The molecular weight excluding hydrogens is 352 g/mol. The van der Waals surface area contributed by atoms with E-state index in [4.69, 9.17) is 4.42 Å². The van der Waals surface area contributed by atoms with Crippen LogP contribution in [0.3, 0.4) is 0 Å². The minimum Gasteiger partial charge on any atom is -0.423 e. The van der Waals surface area contributed by atoms with Crippen LogP contribution in [0.4, 0.5) is 5.69 Å². The highest BCUT2D eigenvalue weighted by Gasteiger charge is 2.26. The highest BCUT2D eigenvalue weighted by Crippen LogP contribution is 2.26. The molecule has 0 spiro atoms. The molecule has 2 N–H and O–H groups in total. The molecule has 26 heavy (non-hydrogen) atoms. The first-order valence-electron chi connectivity index (χ1n) is 9.12. The van der Waals surface area contributed by atoms with Gasteiger partial charge in [-0.25, -0.2) is 17.9 Å². The fourth-order valence-electron chi connectivity index (χ4n) is 3.30. The van der Waals surface area contributed by atoms with Crippen molar-refractivity contribution in [2.75, 3.05) is 11.9 Å². The molecule has 0 radical (unpaired) electrons. The Kier molecular flexibility index (Phi) is 5.67. The number of nitrogens with one attached hydrogen (secondary N) is 2. The zero-order valence-corrected chi connectivity index (χ0v) is 16.0. The van der Waals surface area contributed by atoms with Crippen molar-refractivity contribution in [3.63, 3.8) is 0 Å². The van der Waals surface area contributed by atoms with Crippen molar-refractivity contribution in [3.05, 3.63) is 40.8 Å². The fourth-order valence-corrected chi connectivity index (χ4v) is 4.27. The Morgan fingerprint density at radius 1 is 1.12 bits per heavy atom.